The van der Waals surface area contributed by atoms with Gasteiger partial charge in [0.25, 0.3) is 5.56 Å². The number of piperazine rings is 1. The molecule has 0 spiro atoms. The largest absolute Gasteiger partial charge is 0.338 e. The first-order valence-electron chi connectivity index (χ1n) is 9.43. The quantitative estimate of drug-likeness (QED) is 0.689. The van der Waals surface area contributed by atoms with E-state index in [1.807, 2.05) is 0 Å². The van der Waals surface area contributed by atoms with E-state index in [1.54, 1.807) is 36.1 Å². The number of nitrogens with zero attached hydrogens (tertiary/aromatic N) is 5. The first kappa shape index (κ1) is 19.0. The van der Waals surface area contributed by atoms with Crippen LogP contribution in [0.25, 0.3) is 10.9 Å². The molecule has 3 heterocycles. The Morgan fingerprint density at radius 1 is 1.18 bits per heavy atom. The van der Waals surface area contributed by atoms with Gasteiger partial charge >= 0.3 is 0 Å². The van der Waals surface area contributed by atoms with Gasteiger partial charge < -0.3 is 4.90 Å². The number of carbonyl (C=O) groups is 1. The van der Waals surface area contributed by atoms with Crippen molar-refractivity contribution in [1.29, 1.82) is 0 Å². The molecule has 0 unspecified atom stereocenters. The van der Waals surface area contributed by atoms with Gasteiger partial charge in [-0.25, -0.2) is 8.42 Å². The van der Waals surface area contributed by atoms with Gasteiger partial charge in [0.15, 0.2) is 9.84 Å². The molecule has 2 atom stereocenters. The lowest BCUT2D eigenvalue weighted by Crippen LogP contribution is -2.53. The highest BCUT2D eigenvalue weighted by atomic mass is 32.2. The number of aromatic nitrogens is 3. The van der Waals surface area contributed by atoms with E-state index in [-0.39, 0.29) is 29.0 Å². The fourth-order valence-corrected chi connectivity index (χ4v) is 5.76. The lowest BCUT2D eigenvalue weighted by Gasteiger charge is -2.38. The molecule has 1 aromatic heterocycles. The van der Waals surface area contributed by atoms with Crippen molar-refractivity contribution in [3.63, 3.8) is 0 Å². The molecule has 1 amide bonds. The molecule has 2 fully saturated rings. The Kier molecular flexibility index (Phi) is 4.92. The zero-order valence-electron chi connectivity index (χ0n) is 15.7. The Balaban J connectivity index is 1.44. The number of fused-ring (bicyclic) bond motifs is 1. The zero-order valence-corrected chi connectivity index (χ0v) is 16.5. The van der Waals surface area contributed by atoms with Crippen LogP contribution < -0.4 is 5.56 Å². The first-order chi connectivity index (χ1) is 13.4. The van der Waals surface area contributed by atoms with Crippen LogP contribution in [0.2, 0.25) is 0 Å². The van der Waals surface area contributed by atoms with Crippen LogP contribution in [0.4, 0.5) is 0 Å². The summed E-state index contributed by atoms with van der Waals surface area (Å²) < 4.78 is 24.5. The Labute approximate surface area is 162 Å². The van der Waals surface area contributed by atoms with Gasteiger partial charge in [0, 0.05) is 32.2 Å². The van der Waals surface area contributed by atoms with Crippen molar-refractivity contribution in [1.82, 2.24) is 24.8 Å². The summed E-state index contributed by atoms with van der Waals surface area (Å²) in [5.74, 6) is 0.280. The minimum atomic E-state index is -2.92. The molecule has 2 saturated heterocycles. The molecule has 2 aromatic rings. The number of carbonyl (C=O) groups excluding carboxylic acids is 1. The average Bonchev–Trinajstić information content (AvgIpc) is 3.07. The molecule has 2 aliphatic heterocycles. The fourth-order valence-electron chi connectivity index (χ4n) is 4.00. The van der Waals surface area contributed by atoms with Gasteiger partial charge in [-0.3, -0.25) is 14.5 Å². The number of rotatable bonds is 3. The van der Waals surface area contributed by atoms with Crippen molar-refractivity contribution in [2.45, 2.75) is 25.4 Å². The second-order valence-electron chi connectivity index (χ2n) is 7.45. The molecule has 0 bridgehead atoms. The highest BCUT2D eigenvalue weighted by Crippen LogP contribution is 2.20. The second kappa shape index (κ2) is 7.25. The molecule has 0 aliphatic carbocycles. The van der Waals surface area contributed by atoms with Gasteiger partial charge in [0.05, 0.1) is 16.9 Å². The maximum atomic E-state index is 12.9. The van der Waals surface area contributed by atoms with Gasteiger partial charge in [-0.15, -0.1) is 5.10 Å². The Morgan fingerprint density at radius 3 is 2.57 bits per heavy atom. The SMILES string of the molecule is C[C@@H](C(=O)N1CCN([C@H]2CCS(=O)(=O)C2)CC1)n1nnc2ccccc2c1=O. The topological polar surface area (TPSA) is 105 Å². The third-order valence-corrected chi connectivity index (χ3v) is 7.42. The molecule has 10 heteroatoms. The van der Waals surface area contributed by atoms with Crippen LogP contribution in [0.1, 0.15) is 19.4 Å². The molecule has 0 saturated carbocycles. The summed E-state index contributed by atoms with van der Waals surface area (Å²) in [5.41, 5.74) is 0.171. The van der Waals surface area contributed by atoms with Crippen molar-refractivity contribution in [3.8, 4) is 0 Å². The summed E-state index contributed by atoms with van der Waals surface area (Å²) in [5, 5.41) is 8.43. The lowest BCUT2D eigenvalue weighted by molar-refractivity contribution is -0.136. The average molecular weight is 405 g/mol. The number of benzene rings is 1. The molecule has 4 rings (SSSR count). The van der Waals surface area contributed by atoms with Gasteiger partial charge in [-0.2, -0.15) is 4.68 Å². The zero-order chi connectivity index (χ0) is 19.9. The minimum absolute atomic E-state index is 0.0497. The Bertz CT molecular complexity index is 1060. The van der Waals surface area contributed by atoms with Crippen molar-refractivity contribution in [3.05, 3.63) is 34.6 Å². The third kappa shape index (κ3) is 3.53. The summed E-state index contributed by atoms with van der Waals surface area (Å²) in [4.78, 5) is 29.4. The molecular weight excluding hydrogens is 382 g/mol. The Morgan fingerprint density at radius 2 is 1.89 bits per heavy atom. The summed E-state index contributed by atoms with van der Waals surface area (Å²) in [6.07, 6.45) is 0.661. The standard InChI is InChI=1S/C18H23N5O4S/c1-13(23-18(25)15-4-2-3-5-16(15)19-20-23)17(24)22-9-7-21(8-10-22)14-6-11-28(26,27)12-14/h2-5,13-14H,6-12H2,1H3/t13-,14-/m0/s1. The molecule has 2 aliphatic rings. The van der Waals surface area contributed by atoms with Crippen LogP contribution in [0.3, 0.4) is 0 Å². The maximum Gasteiger partial charge on any atom is 0.278 e. The lowest BCUT2D eigenvalue weighted by atomic mass is 10.1. The number of hydrogen-bond donors (Lipinski definition) is 0. The molecular formula is C18H23N5O4S. The van der Waals surface area contributed by atoms with Crippen molar-refractivity contribution < 1.29 is 13.2 Å². The van der Waals surface area contributed by atoms with Crippen molar-refractivity contribution >= 4 is 26.6 Å². The second-order valence-corrected chi connectivity index (χ2v) is 9.68. The number of amides is 1. The van der Waals surface area contributed by atoms with E-state index >= 15 is 0 Å². The third-order valence-electron chi connectivity index (χ3n) is 5.67. The summed E-state index contributed by atoms with van der Waals surface area (Å²) >= 11 is 0. The van der Waals surface area contributed by atoms with E-state index < -0.39 is 15.9 Å². The summed E-state index contributed by atoms with van der Waals surface area (Å²) in [6.45, 7) is 3.95. The highest BCUT2D eigenvalue weighted by molar-refractivity contribution is 7.91. The molecule has 28 heavy (non-hydrogen) atoms. The normalized spacial score (nSPS) is 23.8. The van der Waals surface area contributed by atoms with E-state index in [4.69, 9.17) is 0 Å². The molecule has 0 N–H and O–H groups in total. The molecule has 150 valence electrons. The number of sulfone groups is 1. The van der Waals surface area contributed by atoms with Crippen LogP contribution >= 0.6 is 0 Å². The Hall–Kier alpha value is -2.33. The van der Waals surface area contributed by atoms with Crippen LogP contribution in [0, 0.1) is 0 Å². The van der Waals surface area contributed by atoms with Gasteiger partial charge in [0.2, 0.25) is 5.91 Å². The van der Waals surface area contributed by atoms with Crippen LogP contribution in [0.5, 0.6) is 0 Å². The summed E-state index contributed by atoms with van der Waals surface area (Å²) in [6, 6.07) is 6.23. The summed E-state index contributed by atoms with van der Waals surface area (Å²) in [7, 11) is -2.92. The maximum absolute atomic E-state index is 12.9. The van der Waals surface area contributed by atoms with Crippen LogP contribution in [0.15, 0.2) is 29.1 Å². The fraction of sp³-hybridized carbons (Fsp3) is 0.556. The minimum Gasteiger partial charge on any atom is -0.338 e. The van der Waals surface area contributed by atoms with E-state index in [0.717, 1.165) is 4.68 Å². The van der Waals surface area contributed by atoms with E-state index in [0.29, 0.717) is 43.5 Å². The molecule has 0 radical (unpaired) electrons. The van der Waals surface area contributed by atoms with Crippen LogP contribution in [-0.2, 0) is 14.6 Å². The van der Waals surface area contributed by atoms with Gasteiger partial charge in [0.1, 0.15) is 11.6 Å². The predicted octanol–water partition coefficient (Wildman–Crippen LogP) is -0.316. The van der Waals surface area contributed by atoms with Gasteiger partial charge in [-0.1, -0.05) is 17.3 Å². The van der Waals surface area contributed by atoms with Crippen LogP contribution in [-0.4, -0.2) is 82.8 Å². The van der Waals surface area contributed by atoms with Gasteiger partial charge in [-0.05, 0) is 25.5 Å². The van der Waals surface area contributed by atoms with E-state index in [9.17, 15) is 18.0 Å². The highest BCUT2D eigenvalue weighted by Gasteiger charge is 2.35. The predicted molar refractivity (Wildman–Crippen MR) is 104 cm³/mol. The van der Waals surface area contributed by atoms with E-state index in [1.165, 1.54) is 0 Å². The van der Waals surface area contributed by atoms with Crippen molar-refractivity contribution in [2.75, 3.05) is 37.7 Å². The van der Waals surface area contributed by atoms with Crippen molar-refractivity contribution in [2.24, 2.45) is 0 Å². The van der Waals surface area contributed by atoms with E-state index in [2.05, 4.69) is 15.2 Å². The first-order valence-corrected chi connectivity index (χ1v) is 11.3. The molecule has 1 aromatic carbocycles. The molecule has 9 nitrogen and oxygen atoms in total. The smallest absolute Gasteiger partial charge is 0.278 e. The number of hydrogen-bond acceptors (Lipinski definition) is 7. The monoisotopic (exact) mass is 405 g/mol.